The molecular formula is C25H23N5O. The molecule has 0 amide bonds. The fourth-order valence-electron chi connectivity index (χ4n) is 4.11. The van der Waals surface area contributed by atoms with Crippen LogP contribution >= 0.6 is 0 Å². The van der Waals surface area contributed by atoms with Gasteiger partial charge in [0.05, 0.1) is 24.1 Å². The monoisotopic (exact) mass is 409 g/mol. The minimum absolute atomic E-state index is 0.156. The zero-order chi connectivity index (χ0) is 21.4. The van der Waals surface area contributed by atoms with Crippen LogP contribution in [0.1, 0.15) is 41.5 Å². The zero-order valence-electron chi connectivity index (χ0n) is 17.6. The van der Waals surface area contributed by atoms with Gasteiger partial charge >= 0.3 is 0 Å². The summed E-state index contributed by atoms with van der Waals surface area (Å²) < 4.78 is 4.28. The Kier molecular flexibility index (Phi) is 4.82. The number of hydrogen-bond donors (Lipinski definition) is 0. The number of carbonyl (C=O) groups is 1. The molecule has 5 rings (SSSR count). The highest BCUT2D eigenvalue weighted by atomic mass is 16.1. The summed E-state index contributed by atoms with van der Waals surface area (Å²) in [5, 5.41) is 1.15. The van der Waals surface area contributed by atoms with Gasteiger partial charge in [0.15, 0.2) is 5.78 Å². The number of imidazole rings is 1. The molecule has 0 aliphatic heterocycles. The molecule has 6 heteroatoms. The van der Waals surface area contributed by atoms with E-state index in [9.17, 15) is 4.79 Å². The SMILES string of the molecule is CCCC(=O)c1ccn2c(C)c(-c3cc4ccccc4n3Cc3cnccn3)nc2c1. The van der Waals surface area contributed by atoms with Crippen LogP contribution in [0.5, 0.6) is 0 Å². The minimum atomic E-state index is 0.156. The van der Waals surface area contributed by atoms with Crippen molar-refractivity contribution in [2.24, 2.45) is 0 Å². The van der Waals surface area contributed by atoms with E-state index in [0.717, 1.165) is 45.7 Å². The number of aromatic nitrogens is 5. The summed E-state index contributed by atoms with van der Waals surface area (Å²) in [6, 6.07) is 14.3. The number of nitrogens with zero attached hydrogens (tertiary/aromatic N) is 5. The molecule has 0 spiro atoms. The highest BCUT2D eigenvalue weighted by Gasteiger charge is 2.18. The second kappa shape index (κ2) is 7.80. The van der Waals surface area contributed by atoms with Crippen LogP contribution < -0.4 is 0 Å². The molecule has 1 aromatic carbocycles. The van der Waals surface area contributed by atoms with Gasteiger partial charge < -0.3 is 8.97 Å². The Morgan fingerprint density at radius 3 is 2.77 bits per heavy atom. The smallest absolute Gasteiger partial charge is 0.163 e. The van der Waals surface area contributed by atoms with E-state index in [0.29, 0.717) is 18.5 Å². The number of aryl methyl sites for hydroxylation is 1. The van der Waals surface area contributed by atoms with Crippen molar-refractivity contribution in [1.82, 2.24) is 23.9 Å². The normalized spacial score (nSPS) is 11.4. The largest absolute Gasteiger partial charge is 0.333 e. The molecular weight excluding hydrogens is 386 g/mol. The van der Waals surface area contributed by atoms with Gasteiger partial charge in [-0.1, -0.05) is 25.1 Å². The Hall–Kier alpha value is -3.80. The number of ketones is 1. The van der Waals surface area contributed by atoms with Gasteiger partial charge in [0.1, 0.15) is 11.3 Å². The summed E-state index contributed by atoms with van der Waals surface area (Å²) >= 11 is 0. The molecule has 0 N–H and O–H groups in total. The summed E-state index contributed by atoms with van der Waals surface area (Å²) in [6.07, 6.45) is 8.52. The third-order valence-electron chi connectivity index (χ3n) is 5.65. The first-order valence-corrected chi connectivity index (χ1v) is 10.5. The molecule has 0 aliphatic carbocycles. The van der Waals surface area contributed by atoms with E-state index in [4.69, 9.17) is 4.98 Å². The van der Waals surface area contributed by atoms with Crippen LogP contribution in [-0.2, 0) is 6.54 Å². The Morgan fingerprint density at radius 1 is 1.10 bits per heavy atom. The number of para-hydroxylation sites is 1. The number of carbonyl (C=O) groups excluding carboxylic acids is 1. The van der Waals surface area contributed by atoms with Crippen molar-refractivity contribution in [2.75, 3.05) is 0 Å². The Labute approximate surface area is 180 Å². The van der Waals surface area contributed by atoms with Crippen LogP contribution in [0.3, 0.4) is 0 Å². The topological polar surface area (TPSA) is 65.1 Å². The van der Waals surface area contributed by atoms with Crippen molar-refractivity contribution in [1.29, 1.82) is 0 Å². The van der Waals surface area contributed by atoms with Crippen molar-refractivity contribution in [3.8, 4) is 11.4 Å². The van der Waals surface area contributed by atoms with Crippen molar-refractivity contribution in [2.45, 2.75) is 33.2 Å². The Balaban J connectivity index is 1.67. The predicted molar refractivity (Wildman–Crippen MR) is 121 cm³/mol. The fourth-order valence-corrected chi connectivity index (χ4v) is 4.11. The number of hydrogen-bond acceptors (Lipinski definition) is 4. The van der Waals surface area contributed by atoms with Gasteiger partial charge in [0, 0.05) is 47.2 Å². The summed E-state index contributed by atoms with van der Waals surface area (Å²) in [5.74, 6) is 0.156. The highest BCUT2D eigenvalue weighted by molar-refractivity contribution is 5.97. The summed E-state index contributed by atoms with van der Waals surface area (Å²) in [4.78, 5) is 26.0. The first-order chi connectivity index (χ1) is 15.2. The molecule has 0 atom stereocenters. The lowest BCUT2D eigenvalue weighted by molar-refractivity contribution is 0.0981. The van der Waals surface area contributed by atoms with Gasteiger partial charge in [-0.3, -0.25) is 14.8 Å². The molecule has 5 aromatic rings. The van der Waals surface area contributed by atoms with E-state index in [1.165, 1.54) is 0 Å². The molecule has 0 radical (unpaired) electrons. The third kappa shape index (κ3) is 3.40. The molecule has 0 saturated heterocycles. The molecule has 0 saturated carbocycles. The maximum absolute atomic E-state index is 12.4. The molecule has 0 fully saturated rings. The lowest BCUT2D eigenvalue weighted by Crippen LogP contribution is -2.04. The maximum Gasteiger partial charge on any atom is 0.163 e. The summed E-state index contributed by atoms with van der Waals surface area (Å²) in [6.45, 7) is 4.68. The summed E-state index contributed by atoms with van der Waals surface area (Å²) in [7, 11) is 0. The van der Waals surface area contributed by atoms with E-state index >= 15 is 0 Å². The number of fused-ring (bicyclic) bond motifs is 2. The van der Waals surface area contributed by atoms with E-state index < -0.39 is 0 Å². The average molecular weight is 409 g/mol. The van der Waals surface area contributed by atoms with Crippen molar-refractivity contribution >= 4 is 22.3 Å². The van der Waals surface area contributed by atoms with Gasteiger partial charge in [-0.25, -0.2) is 4.98 Å². The van der Waals surface area contributed by atoms with Gasteiger partial charge in [0.25, 0.3) is 0 Å². The fraction of sp³-hybridized carbons (Fsp3) is 0.200. The number of benzene rings is 1. The van der Waals surface area contributed by atoms with Crippen LogP contribution in [-0.4, -0.2) is 29.7 Å². The van der Waals surface area contributed by atoms with E-state index in [1.807, 2.05) is 41.8 Å². The van der Waals surface area contributed by atoms with Gasteiger partial charge in [0.2, 0.25) is 0 Å². The number of rotatable bonds is 6. The zero-order valence-corrected chi connectivity index (χ0v) is 17.6. The second-order valence-corrected chi connectivity index (χ2v) is 7.73. The van der Waals surface area contributed by atoms with Gasteiger partial charge in [-0.05, 0) is 37.6 Å². The minimum Gasteiger partial charge on any atom is -0.333 e. The van der Waals surface area contributed by atoms with E-state index in [2.05, 4.69) is 39.7 Å². The molecule has 0 aliphatic rings. The Morgan fingerprint density at radius 2 is 1.97 bits per heavy atom. The standard InChI is InChI=1S/C25H23N5O/c1-3-6-23(31)19-9-12-29-17(2)25(28-24(29)14-19)22-13-18-7-4-5-8-21(18)30(22)16-20-15-26-10-11-27-20/h4-5,7-15H,3,6,16H2,1-2H3. The van der Waals surface area contributed by atoms with E-state index in [-0.39, 0.29) is 5.78 Å². The number of pyridine rings is 1. The number of Topliss-reactive ketones (excluding diaryl/α,β-unsaturated/α-hetero) is 1. The second-order valence-electron chi connectivity index (χ2n) is 7.73. The summed E-state index contributed by atoms with van der Waals surface area (Å²) in [5.41, 5.74) is 6.47. The van der Waals surface area contributed by atoms with Crippen molar-refractivity contribution < 1.29 is 4.79 Å². The molecule has 154 valence electrons. The van der Waals surface area contributed by atoms with E-state index in [1.54, 1.807) is 18.6 Å². The average Bonchev–Trinajstić information content (AvgIpc) is 3.32. The Bertz CT molecular complexity index is 1400. The van der Waals surface area contributed by atoms with Crippen LogP contribution in [0, 0.1) is 6.92 Å². The van der Waals surface area contributed by atoms with Crippen molar-refractivity contribution in [3.63, 3.8) is 0 Å². The molecule has 4 heterocycles. The molecule has 0 bridgehead atoms. The van der Waals surface area contributed by atoms with Gasteiger partial charge in [-0.2, -0.15) is 0 Å². The molecule has 31 heavy (non-hydrogen) atoms. The van der Waals surface area contributed by atoms with Gasteiger partial charge in [-0.15, -0.1) is 0 Å². The van der Waals surface area contributed by atoms with Crippen LogP contribution in [0.4, 0.5) is 0 Å². The first kappa shape index (κ1) is 19.2. The van der Waals surface area contributed by atoms with Crippen LogP contribution in [0.15, 0.2) is 67.3 Å². The van der Waals surface area contributed by atoms with Crippen LogP contribution in [0.2, 0.25) is 0 Å². The first-order valence-electron chi connectivity index (χ1n) is 10.5. The lowest BCUT2D eigenvalue weighted by atomic mass is 10.1. The molecule has 0 unspecified atom stereocenters. The van der Waals surface area contributed by atoms with Crippen LogP contribution in [0.25, 0.3) is 27.9 Å². The predicted octanol–water partition coefficient (Wildman–Crippen LogP) is 5.09. The molecule has 6 nitrogen and oxygen atoms in total. The van der Waals surface area contributed by atoms with Crippen molar-refractivity contribution in [3.05, 3.63) is 84.2 Å². The third-order valence-corrected chi connectivity index (χ3v) is 5.65. The lowest BCUT2D eigenvalue weighted by Gasteiger charge is -2.09. The quantitative estimate of drug-likeness (QED) is 0.367. The maximum atomic E-state index is 12.4. The molecule has 4 aromatic heterocycles. The highest BCUT2D eigenvalue weighted by Crippen LogP contribution is 2.31.